The highest BCUT2D eigenvalue weighted by molar-refractivity contribution is 6.09. The predicted octanol–water partition coefficient (Wildman–Crippen LogP) is 6.73. The molecule has 0 aromatic carbocycles. The van der Waals surface area contributed by atoms with E-state index >= 15 is 0 Å². The van der Waals surface area contributed by atoms with E-state index in [2.05, 4.69) is 5.32 Å². The molecule has 1 aliphatic carbocycles. The van der Waals surface area contributed by atoms with E-state index in [1.165, 1.54) is 12.0 Å². The second-order valence-corrected chi connectivity index (χ2v) is 20.7. The molecule has 0 aromatic heterocycles. The van der Waals surface area contributed by atoms with Crippen molar-refractivity contribution < 1.29 is 67.7 Å². The van der Waals surface area contributed by atoms with E-state index in [4.69, 9.17) is 28.4 Å². The van der Waals surface area contributed by atoms with Crippen molar-refractivity contribution in [1.82, 2.24) is 10.2 Å². The summed E-state index contributed by atoms with van der Waals surface area (Å²) in [5, 5.41) is 38.3. The van der Waals surface area contributed by atoms with Gasteiger partial charge in [-0.2, -0.15) is 0 Å². The number of hydrogen-bond acceptors (Lipinski definition) is 14. The molecule has 2 bridgehead atoms. The molecule has 0 spiro atoms. The maximum absolute atomic E-state index is 14.7. The Labute approximate surface area is 416 Å². The summed E-state index contributed by atoms with van der Waals surface area (Å²) in [6.45, 7) is 15.1. The van der Waals surface area contributed by atoms with Crippen molar-refractivity contribution in [2.45, 2.75) is 193 Å². The highest BCUT2D eigenvalue weighted by Gasteiger charge is 2.55. The molecule has 16 nitrogen and oxygen atoms in total. The van der Waals surface area contributed by atoms with E-state index in [-0.39, 0.29) is 55.4 Å². The normalized spacial score (nSPS) is 39.3. The standard InChI is InChI=1S/C54H86N2O14/c1-12-55-53(63)69-43-24-22-39(29-46(43)66-10)28-36(6)45-31-42(57)35(5)27-38(8)48(59)49(67-11)47(58)37(7)26-32(2)18-14-13-15-19-33(3)44(65-9)30-40-23-21-34(4)50(60)54(64,70-40)52(62)56-25-17-16-20-41(56)51(61)68-45/h13-15,18-19,27,32,34-37,39-46,48-49,57,59,64H,12,16-17,20-26,28-31H2,1-11H3,(H,55,63)/b15-13+,18-14+,33-19+,38-27+/t32-,34-,35-,36-,37-,39+,40+,41+,42-,43-,44+,45+,46-,48-,49+,54?/m1/s1. The van der Waals surface area contributed by atoms with E-state index in [1.54, 1.807) is 41.1 Å². The molecule has 4 rings (SSSR count). The van der Waals surface area contributed by atoms with Crippen LogP contribution in [0.4, 0.5) is 4.79 Å². The molecular weight excluding hydrogens is 901 g/mol. The number of amides is 2. The third kappa shape index (κ3) is 15.9. The number of ketones is 2. The molecule has 1 unspecified atom stereocenters. The SMILES string of the molecule is CCNC(=O)O[C@@H]1CC[C@@H](C[C@@H](C)[C@@H]2C[C@@H](O)[C@H](C)/C=C(\C)[C@@H](O)[C@@H](OC)C(=O)[C@H](C)C[C@H](C)/C=C/C=C/C=C(\C)[C@@H](OC)C[C@@H]3CC[C@@H](C)C(=O)C(O)(O3)C(=O)N3CCCC[C@H]3C(=O)O2)C[C@H]1OC. The third-order valence-electron chi connectivity index (χ3n) is 15.1. The molecule has 16 heteroatoms. The van der Waals surface area contributed by atoms with E-state index in [0.717, 1.165) is 5.57 Å². The summed E-state index contributed by atoms with van der Waals surface area (Å²) >= 11 is 0. The van der Waals surface area contributed by atoms with Crippen molar-refractivity contribution in [3.05, 3.63) is 47.6 Å². The Kier molecular flexibility index (Phi) is 23.4. The Morgan fingerprint density at radius 3 is 2.26 bits per heavy atom. The van der Waals surface area contributed by atoms with Crippen LogP contribution < -0.4 is 5.32 Å². The smallest absolute Gasteiger partial charge is 0.407 e. The highest BCUT2D eigenvalue weighted by atomic mass is 16.6. The van der Waals surface area contributed by atoms with Crippen molar-refractivity contribution in [3.63, 3.8) is 0 Å². The average Bonchev–Trinajstić information content (AvgIpc) is 3.44. The van der Waals surface area contributed by atoms with Gasteiger partial charge in [-0.3, -0.25) is 14.4 Å². The topological polar surface area (TPSA) is 217 Å². The number of aliphatic hydroxyl groups is 3. The quantitative estimate of drug-likeness (QED) is 0.113. The Morgan fingerprint density at radius 2 is 1.59 bits per heavy atom. The van der Waals surface area contributed by atoms with Crippen LogP contribution in [0.15, 0.2) is 47.6 Å². The van der Waals surface area contributed by atoms with Gasteiger partial charge in [-0.15, -0.1) is 0 Å². The van der Waals surface area contributed by atoms with Gasteiger partial charge in [0.2, 0.25) is 5.78 Å². The van der Waals surface area contributed by atoms with Gasteiger partial charge in [0.15, 0.2) is 5.78 Å². The molecular formula is C54H86N2O14. The van der Waals surface area contributed by atoms with Gasteiger partial charge in [-0.05, 0) is 114 Å². The lowest BCUT2D eigenvalue weighted by molar-refractivity contribution is -0.231. The predicted molar refractivity (Wildman–Crippen MR) is 264 cm³/mol. The number of carbonyl (C=O) groups excluding carboxylic acids is 5. The van der Waals surface area contributed by atoms with E-state index in [0.29, 0.717) is 69.9 Å². The number of esters is 1. The minimum absolute atomic E-state index is 0.0124. The van der Waals surface area contributed by atoms with Crippen LogP contribution in [0.1, 0.15) is 132 Å². The summed E-state index contributed by atoms with van der Waals surface area (Å²) in [5.41, 5.74) is 1.28. The second-order valence-electron chi connectivity index (χ2n) is 20.7. The average molecular weight is 987 g/mol. The number of cyclic esters (lactones) is 1. The monoisotopic (exact) mass is 987 g/mol. The van der Waals surface area contributed by atoms with Crippen LogP contribution in [-0.4, -0.2) is 145 Å². The summed E-state index contributed by atoms with van der Waals surface area (Å²) in [5.74, 6) is -7.56. The minimum atomic E-state index is -2.86. The number of carbonyl (C=O) groups is 5. The summed E-state index contributed by atoms with van der Waals surface area (Å²) in [6.07, 6.45) is 9.54. The molecule has 0 aromatic rings. The lowest BCUT2D eigenvalue weighted by Crippen LogP contribution is -2.62. The first-order chi connectivity index (χ1) is 33.2. The van der Waals surface area contributed by atoms with E-state index < -0.39 is 96.1 Å². The molecule has 2 amide bonds. The van der Waals surface area contributed by atoms with Crippen molar-refractivity contribution in [2.24, 2.45) is 35.5 Å². The van der Waals surface area contributed by atoms with Crippen LogP contribution in [0.2, 0.25) is 0 Å². The van der Waals surface area contributed by atoms with Gasteiger partial charge in [0.1, 0.15) is 30.5 Å². The number of Topliss-reactive ketones (excluding diaryl/α,β-unsaturated/α-hetero) is 2. The van der Waals surface area contributed by atoms with E-state index in [9.17, 15) is 39.3 Å². The molecule has 70 heavy (non-hydrogen) atoms. The number of fused-ring (bicyclic) bond motifs is 3. The first-order valence-electron chi connectivity index (χ1n) is 25.8. The van der Waals surface area contributed by atoms with Crippen LogP contribution in [0.5, 0.6) is 0 Å². The number of alkyl carbamates (subject to hydrolysis) is 1. The Hall–Kier alpha value is -3.77. The highest BCUT2D eigenvalue weighted by Crippen LogP contribution is 2.37. The number of hydrogen-bond donors (Lipinski definition) is 4. The molecule has 3 heterocycles. The van der Waals surface area contributed by atoms with Crippen LogP contribution in [-0.2, 0) is 47.6 Å². The molecule has 396 valence electrons. The van der Waals surface area contributed by atoms with Crippen LogP contribution in [0, 0.1) is 35.5 Å². The molecule has 0 radical (unpaired) electrons. The number of nitrogens with one attached hydrogen (secondary N) is 1. The van der Waals surface area contributed by atoms with Gasteiger partial charge in [0, 0.05) is 65.0 Å². The van der Waals surface area contributed by atoms with Crippen LogP contribution in [0.25, 0.3) is 0 Å². The Morgan fingerprint density at radius 1 is 0.857 bits per heavy atom. The summed E-state index contributed by atoms with van der Waals surface area (Å²) < 4.78 is 35.6. The maximum Gasteiger partial charge on any atom is 0.407 e. The zero-order valence-corrected chi connectivity index (χ0v) is 43.8. The Bertz CT molecular complexity index is 1870. The largest absolute Gasteiger partial charge is 0.460 e. The lowest BCUT2D eigenvalue weighted by atomic mass is 9.78. The van der Waals surface area contributed by atoms with Gasteiger partial charge < -0.3 is 54.0 Å². The first-order valence-corrected chi connectivity index (χ1v) is 25.8. The Balaban J connectivity index is 1.73. The minimum Gasteiger partial charge on any atom is -0.460 e. The number of nitrogens with zero attached hydrogens (tertiary/aromatic N) is 1. The number of methoxy groups -OCH3 is 3. The van der Waals surface area contributed by atoms with Gasteiger partial charge in [-0.1, -0.05) is 71.1 Å². The van der Waals surface area contributed by atoms with Gasteiger partial charge in [-0.25, -0.2) is 9.59 Å². The molecule has 3 aliphatic heterocycles. The molecule has 2 saturated heterocycles. The van der Waals surface area contributed by atoms with Crippen molar-refractivity contribution in [3.8, 4) is 0 Å². The maximum atomic E-state index is 14.7. The van der Waals surface area contributed by atoms with Crippen molar-refractivity contribution >= 4 is 29.5 Å². The lowest BCUT2D eigenvalue weighted by Gasteiger charge is -2.40. The summed E-state index contributed by atoms with van der Waals surface area (Å²) in [6, 6.07) is -1.15. The fraction of sp³-hybridized carbons (Fsp3) is 0.759. The number of piperidine rings is 1. The fourth-order valence-electron chi connectivity index (χ4n) is 10.7. The third-order valence-corrected chi connectivity index (χ3v) is 15.1. The zero-order valence-electron chi connectivity index (χ0n) is 43.8. The molecule has 4 N–H and O–H groups in total. The molecule has 4 aliphatic rings. The fourth-order valence-corrected chi connectivity index (χ4v) is 10.7. The summed E-state index contributed by atoms with van der Waals surface area (Å²) in [7, 11) is 4.54. The molecule has 16 atom stereocenters. The van der Waals surface area contributed by atoms with Gasteiger partial charge in [0.05, 0.1) is 24.4 Å². The van der Waals surface area contributed by atoms with Gasteiger partial charge >= 0.3 is 17.8 Å². The van der Waals surface area contributed by atoms with Crippen LogP contribution in [0.3, 0.4) is 0 Å². The van der Waals surface area contributed by atoms with Gasteiger partial charge in [0.25, 0.3) is 5.91 Å². The molecule has 1 saturated carbocycles. The van der Waals surface area contributed by atoms with Crippen molar-refractivity contribution in [2.75, 3.05) is 34.4 Å². The first kappa shape index (κ1) is 58.8. The van der Waals surface area contributed by atoms with Crippen LogP contribution >= 0.6 is 0 Å². The summed E-state index contributed by atoms with van der Waals surface area (Å²) in [4.78, 5) is 70.7. The number of ether oxygens (including phenoxy) is 6. The number of aliphatic hydroxyl groups excluding tert-OH is 2. The number of allylic oxidation sites excluding steroid dienone is 5. The molecule has 3 fully saturated rings. The second kappa shape index (κ2) is 27.9. The number of rotatable bonds is 8. The van der Waals surface area contributed by atoms with Crippen molar-refractivity contribution in [1.29, 1.82) is 0 Å². The zero-order chi connectivity index (χ0) is 51.9. The van der Waals surface area contributed by atoms with E-state index in [1.807, 2.05) is 65.0 Å².